The quantitative estimate of drug-likeness (QED) is 0.173. The molecule has 1 N–H and O–H groups in total. The SMILES string of the molecule is C=C(/C=C(/NCCCN(C)C(=O)c1c(-c2ccccc2)noc1C)n1ncc(Br)c1C)c1ccccc1C. The van der Waals surface area contributed by atoms with Gasteiger partial charge in [-0.15, -0.1) is 0 Å². The van der Waals surface area contributed by atoms with Crippen molar-refractivity contribution in [1.82, 2.24) is 25.2 Å². The molecule has 2 aromatic heterocycles. The average molecular weight is 575 g/mol. The minimum absolute atomic E-state index is 0.113. The number of rotatable bonds is 10. The molecular formula is C30H32BrN5O2. The first kappa shape index (κ1) is 27.1. The molecule has 4 rings (SSSR count). The van der Waals surface area contributed by atoms with Crippen LogP contribution in [0.4, 0.5) is 0 Å². The number of carbonyl (C=O) groups is 1. The summed E-state index contributed by atoms with van der Waals surface area (Å²) in [7, 11) is 1.80. The Morgan fingerprint density at radius 2 is 1.84 bits per heavy atom. The normalized spacial score (nSPS) is 11.4. The number of nitrogens with one attached hydrogen (secondary N) is 1. The van der Waals surface area contributed by atoms with E-state index in [0.29, 0.717) is 30.1 Å². The van der Waals surface area contributed by atoms with Gasteiger partial charge < -0.3 is 14.7 Å². The predicted molar refractivity (Wildman–Crippen MR) is 155 cm³/mol. The van der Waals surface area contributed by atoms with Gasteiger partial charge in [-0.2, -0.15) is 5.10 Å². The van der Waals surface area contributed by atoms with Crippen LogP contribution in [0.25, 0.3) is 22.7 Å². The number of allylic oxidation sites excluding steroid dienone is 2. The van der Waals surface area contributed by atoms with Gasteiger partial charge in [0.05, 0.1) is 16.4 Å². The molecule has 7 nitrogen and oxygen atoms in total. The van der Waals surface area contributed by atoms with E-state index in [4.69, 9.17) is 4.52 Å². The molecule has 0 saturated heterocycles. The van der Waals surface area contributed by atoms with E-state index in [2.05, 4.69) is 57.1 Å². The third-order valence-corrected chi connectivity index (χ3v) is 7.21. The summed E-state index contributed by atoms with van der Waals surface area (Å²) >= 11 is 3.55. The lowest BCUT2D eigenvalue weighted by Crippen LogP contribution is -2.30. The lowest BCUT2D eigenvalue weighted by atomic mass is 10.0. The average Bonchev–Trinajstić information content (AvgIpc) is 3.47. The minimum Gasteiger partial charge on any atom is -0.370 e. The van der Waals surface area contributed by atoms with Gasteiger partial charge in [-0.1, -0.05) is 66.3 Å². The third-order valence-electron chi connectivity index (χ3n) is 6.43. The van der Waals surface area contributed by atoms with Crippen LogP contribution < -0.4 is 5.32 Å². The van der Waals surface area contributed by atoms with Crippen molar-refractivity contribution in [2.45, 2.75) is 27.2 Å². The highest BCUT2D eigenvalue weighted by Crippen LogP contribution is 2.26. The summed E-state index contributed by atoms with van der Waals surface area (Å²) in [5.41, 5.74) is 6.03. The summed E-state index contributed by atoms with van der Waals surface area (Å²) in [5.74, 6) is 1.22. The van der Waals surface area contributed by atoms with Gasteiger partial charge in [0.25, 0.3) is 5.91 Å². The monoisotopic (exact) mass is 573 g/mol. The summed E-state index contributed by atoms with van der Waals surface area (Å²) < 4.78 is 8.17. The minimum atomic E-state index is -0.113. The fourth-order valence-electron chi connectivity index (χ4n) is 4.24. The van der Waals surface area contributed by atoms with Crippen LogP contribution >= 0.6 is 15.9 Å². The maximum atomic E-state index is 13.3. The van der Waals surface area contributed by atoms with Crippen molar-refractivity contribution in [2.75, 3.05) is 20.1 Å². The molecular weight excluding hydrogens is 542 g/mol. The van der Waals surface area contributed by atoms with Gasteiger partial charge >= 0.3 is 0 Å². The van der Waals surface area contributed by atoms with Crippen LogP contribution in [-0.4, -0.2) is 45.9 Å². The molecule has 0 aliphatic heterocycles. The van der Waals surface area contributed by atoms with E-state index in [-0.39, 0.29) is 5.91 Å². The van der Waals surface area contributed by atoms with E-state index in [1.54, 1.807) is 25.1 Å². The second-order valence-corrected chi connectivity index (χ2v) is 10.0. The second-order valence-electron chi connectivity index (χ2n) is 9.19. The Balaban J connectivity index is 1.45. The Morgan fingerprint density at radius 3 is 2.53 bits per heavy atom. The van der Waals surface area contributed by atoms with E-state index >= 15 is 0 Å². The maximum Gasteiger partial charge on any atom is 0.259 e. The van der Waals surface area contributed by atoms with E-state index < -0.39 is 0 Å². The lowest BCUT2D eigenvalue weighted by Gasteiger charge is -2.19. The van der Waals surface area contributed by atoms with Gasteiger partial charge in [0.1, 0.15) is 22.8 Å². The topological polar surface area (TPSA) is 76.2 Å². The first-order chi connectivity index (χ1) is 18.3. The number of carbonyl (C=O) groups excluding carboxylic acids is 1. The Morgan fingerprint density at radius 1 is 1.13 bits per heavy atom. The highest BCUT2D eigenvalue weighted by molar-refractivity contribution is 9.10. The molecule has 0 unspecified atom stereocenters. The van der Waals surface area contributed by atoms with Crippen LogP contribution in [0.1, 0.15) is 39.4 Å². The highest BCUT2D eigenvalue weighted by Gasteiger charge is 2.24. The summed E-state index contributed by atoms with van der Waals surface area (Å²) in [4.78, 5) is 15.0. The van der Waals surface area contributed by atoms with Crippen molar-refractivity contribution in [1.29, 1.82) is 0 Å². The highest BCUT2D eigenvalue weighted by atomic mass is 79.9. The van der Waals surface area contributed by atoms with E-state index in [0.717, 1.165) is 44.7 Å². The number of amides is 1. The number of nitrogens with zero attached hydrogens (tertiary/aromatic N) is 4. The van der Waals surface area contributed by atoms with Crippen LogP contribution in [0.3, 0.4) is 0 Å². The van der Waals surface area contributed by atoms with Crippen LogP contribution in [0.2, 0.25) is 0 Å². The Kier molecular flexibility index (Phi) is 8.63. The first-order valence-electron chi connectivity index (χ1n) is 12.5. The van der Waals surface area contributed by atoms with Crippen molar-refractivity contribution in [3.8, 4) is 11.3 Å². The zero-order valence-corrected chi connectivity index (χ0v) is 23.7. The number of halogens is 1. The van der Waals surface area contributed by atoms with E-state index in [9.17, 15) is 4.79 Å². The summed E-state index contributed by atoms with van der Waals surface area (Å²) in [5, 5.41) is 12.2. The molecule has 0 bridgehead atoms. The molecule has 1 amide bonds. The molecule has 8 heteroatoms. The molecule has 0 atom stereocenters. The van der Waals surface area contributed by atoms with Crippen molar-refractivity contribution in [2.24, 2.45) is 0 Å². The Labute approximate surface area is 232 Å². The van der Waals surface area contributed by atoms with Crippen LogP contribution in [-0.2, 0) is 0 Å². The molecule has 0 radical (unpaired) electrons. The Bertz CT molecular complexity index is 1470. The van der Waals surface area contributed by atoms with Gasteiger partial charge in [-0.25, -0.2) is 4.68 Å². The third kappa shape index (κ3) is 5.97. The zero-order valence-electron chi connectivity index (χ0n) is 22.2. The predicted octanol–water partition coefficient (Wildman–Crippen LogP) is 6.49. The zero-order chi connectivity index (χ0) is 27.2. The summed E-state index contributed by atoms with van der Waals surface area (Å²) in [6.45, 7) is 11.3. The number of hydrogen-bond acceptors (Lipinski definition) is 5. The van der Waals surface area contributed by atoms with Gasteiger partial charge in [-0.3, -0.25) is 4.79 Å². The smallest absolute Gasteiger partial charge is 0.259 e. The van der Waals surface area contributed by atoms with Crippen molar-refractivity contribution in [3.05, 3.63) is 106 Å². The molecule has 2 heterocycles. The fraction of sp³-hybridized carbons (Fsp3) is 0.233. The number of benzene rings is 2. The van der Waals surface area contributed by atoms with Crippen molar-refractivity contribution in [3.63, 3.8) is 0 Å². The molecule has 0 saturated carbocycles. The number of hydrogen-bond donors (Lipinski definition) is 1. The molecule has 196 valence electrons. The van der Waals surface area contributed by atoms with Gasteiger partial charge in [0.15, 0.2) is 0 Å². The first-order valence-corrected chi connectivity index (χ1v) is 13.3. The fourth-order valence-corrected chi connectivity index (χ4v) is 4.50. The van der Waals surface area contributed by atoms with Crippen LogP contribution in [0.5, 0.6) is 0 Å². The van der Waals surface area contributed by atoms with Gasteiger partial charge in [0, 0.05) is 25.7 Å². The number of aromatic nitrogens is 3. The van der Waals surface area contributed by atoms with Gasteiger partial charge in [0.2, 0.25) is 0 Å². The lowest BCUT2D eigenvalue weighted by molar-refractivity contribution is 0.0793. The molecule has 0 fully saturated rings. The maximum absolute atomic E-state index is 13.3. The molecule has 2 aromatic carbocycles. The van der Waals surface area contributed by atoms with Crippen LogP contribution in [0, 0.1) is 20.8 Å². The molecule has 0 spiro atoms. The largest absolute Gasteiger partial charge is 0.370 e. The van der Waals surface area contributed by atoms with Crippen molar-refractivity contribution < 1.29 is 9.32 Å². The molecule has 0 aliphatic carbocycles. The molecule has 38 heavy (non-hydrogen) atoms. The standard InChI is InChI=1S/C30H32BrN5O2/c1-20-12-9-10-15-25(20)21(2)18-27(36-22(3)26(31)19-33-36)32-16-11-17-35(5)30(37)28-23(4)38-34-29(28)24-13-7-6-8-14-24/h6-10,12-15,18-19,32H,2,11,16-17H2,1,3-5H3/b27-18-. The van der Waals surface area contributed by atoms with E-state index in [1.165, 1.54) is 0 Å². The van der Waals surface area contributed by atoms with Gasteiger partial charge in [-0.05, 0) is 65.9 Å². The second kappa shape index (κ2) is 12.1. The number of aryl methyl sites for hydroxylation is 2. The Hall–Kier alpha value is -3.91. The molecule has 4 aromatic rings. The van der Waals surface area contributed by atoms with Crippen molar-refractivity contribution >= 4 is 33.2 Å². The van der Waals surface area contributed by atoms with Crippen LogP contribution in [0.15, 0.2) is 82.4 Å². The summed E-state index contributed by atoms with van der Waals surface area (Å²) in [6.07, 6.45) is 4.51. The van der Waals surface area contributed by atoms with E-state index in [1.807, 2.05) is 60.1 Å². The molecule has 0 aliphatic rings. The summed E-state index contributed by atoms with van der Waals surface area (Å²) in [6, 6.07) is 17.8.